The Morgan fingerprint density at radius 2 is 0.633 bits per heavy atom. The maximum Gasteiger partial charge on any atom is 0.271 e. The van der Waals surface area contributed by atoms with Gasteiger partial charge in [0, 0.05) is 175 Å². The molecule has 0 fully saturated rings. The third-order valence-corrected chi connectivity index (χ3v) is 19.5. The second kappa shape index (κ2) is 51.9. The number of non-ortho nitro benzene ring substituents is 1. The topological polar surface area (TPSA) is 468 Å². The molecule has 7 aromatic heterocycles. The SMILES string of the molecule is CC(C)(C)Nc1nccc(Nc2ccc(O)cc2)n1.COc1cc(Nc2nc(NC(C)(C)C)ncc2C)c(Cl)cc1Cl.COc1ccc(Nc2ccnc(NC(C)(C)C)n2)cc1.COc1cccc(Nc2ccnc(NC(C)(C)C)n2)c1.COc1cccc(Nc2nc(NC(C)(C)C)ncc2C)c1.Cc1cnc(NC(C)(C)C)nc1Nc1ccc2c(c1)OCO2.Cc1cnc(NC(C)(C)C)nc1Nc1cccc([N+](=O)[O-])c1. The van der Waals surface area contributed by atoms with E-state index in [0.29, 0.717) is 86.3 Å². The Morgan fingerprint density at radius 1 is 0.320 bits per heavy atom. The van der Waals surface area contributed by atoms with Crippen LogP contribution >= 0.6 is 23.2 Å². The molecule has 14 aromatic rings. The third kappa shape index (κ3) is 41.6. The highest BCUT2D eigenvalue weighted by molar-refractivity contribution is 6.37. The average molecular weight is 2050 g/mol. The van der Waals surface area contributed by atoms with Gasteiger partial charge in [-0.05, 0) is 288 Å². The molecule has 147 heavy (non-hydrogen) atoms. The summed E-state index contributed by atoms with van der Waals surface area (Å²) in [5, 5.41) is 66.2. The van der Waals surface area contributed by atoms with Crippen molar-refractivity contribution in [3.8, 4) is 40.2 Å². The van der Waals surface area contributed by atoms with Gasteiger partial charge in [0.05, 0.1) is 49.1 Å². The third-order valence-electron chi connectivity index (χ3n) is 18.9. The lowest BCUT2D eigenvalue weighted by atomic mass is 10.1. The van der Waals surface area contributed by atoms with Gasteiger partial charge in [-0.25, -0.2) is 34.9 Å². The first-order valence-corrected chi connectivity index (χ1v) is 47.9. The van der Waals surface area contributed by atoms with Crippen molar-refractivity contribution in [3.63, 3.8) is 0 Å². The van der Waals surface area contributed by atoms with Crippen LogP contribution in [0, 0.1) is 37.8 Å². The Bertz CT molecular complexity index is 6630. The van der Waals surface area contributed by atoms with E-state index in [1.807, 2.05) is 179 Å². The van der Waals surface area contributed by atoms with E-state index in [1.165, 1.54) is 12.1 Å². The van der Waals surface area contributed by atoms with Crippen LogP contribution in [0.25, 0.3) is 0 Å². The minimum absolute atomic E-state index is 0.0322. The quantitative estimate of drug-likeness (QED) is 0.0136. The lowest BCUT2D eigenvalue weighted by Gasteiger charge is -2.21. The van der Waals surface area contributed by atoms with E-state index in [0.717, 1.165) is 103 Å². The number of aryl methyl sites for hydroxylation is 4. The van der Waals surface area contributed by atoms with Crippen molar-refractivity contribution in [2.75, 3.05) is 110 Å². The zero-order chi connectivity index (χ0) is 108. The molecule has 38 nitrogen and oxygen atoms in total. The molecule has 1 aliphatic rings. The molecule has 8 heterocycles. The van der Waals surface area contributed by atoms with Crippen molar-refractivity contribution in [3.05, 3.63) is 256 Å². The standard InChI is InChI=1S/C16H20Cl2N4O.C16H20N4O2.C16H22N4O.C15H19N5O2.2C15H20N4O.C14H18N4O/c1-9-8-19-15(22-16(2,3)4)21-14(9)20-12-7-13(23-5)11(18)6-10(12)17;1-10-8-17-15(20-16(2,3)4)19-14(10)18-11-5-6-12-13(7-11)22-9-21-12;1-11-10-17-15(20-16(2,3)4)19-14(11)18-12-7-6-8-13(9-12)21-5;1-10-9-16-14(19-15(2,3)4)18-13(10)17-11-6-5-7-12(8-11)20(21)22;1-15(2,3)19-14-16-10-9-13(18-14)17-11-5-7-12(20-4)8-6-11;1-15(2,3)19-14-16-9-8-13(18-14)17-11-6-5-7-12(10-11)20-4;1-14(2,3)18-13-15-9-8-12(17-13)16-10-4-6-11(19)7-5-10/h6-8H,1-5H3,(H2,19,20,21,22);5-8H,9H2,1-4H3,(H2,17,18,19,20);6-10H,1-5H3,(H2,17,18,19,20);5-9H,1-4H3,(H2,16,17,18,19);2*5-10H,1-4H3,(H2,16,17,18,19);4-9,19H,1-3H3,(H2,15,16,17,18). The van der Waals surface area contributed by atoms with Crippen LogP contribution in [-0.4, -0.2) is 154 Å². The molecule has 0 saturated heterocycles. The van der Waals surface area contributed by atoms with Crippen molar-refractivity contribution >= 4 is 151 Å². The predicted molar refractivity (Wildman–Crippen MR) is 596 cm³/mol. The van der Waals surface area contributed by atoms with Crippen molar-refractivity contribution in [2.45, 2.75) is 212 Å². The summed E-state index contributed by atoms with van der Waals surface area (Å²) in [5.74, 6) is 13.8. The normalized spacial score (nSPS) is 11.4. The number of aromatic nitrogens is 14. The maximum atomic E-state index is 10.8. The van der Waals surface area contributed by atoms with E-state index in [4.69, 9.17) is 51.6 Å². The first kappa shape index (κ1) is 114. The number of phenols is 1. The fourth-order valence-corrected chi connectivity index (χ4v) is 12.9. The fourth-order valence-electron chi connectivity index (χ4n) is 12.4. The number of hydrogen-bond acceptors (Lipinski definition) is 37. The van der Waals surface area contributed by atoms with E-state index < -0.39 is 4.92 Å². The molecule has 0 bridgehead atoms. The highest BCUT2D eigenvalue weighted by atomic mass is 35.5. The molecule has 0 unspecified atom stereocenters. The number of hydrogen-bond donors (Lipinski definition) is 15. The predicted octanol–water partition coefficient (Wildman–Crippen LogP) is 25.9. The Labute approximate surface area is 871 Å². The van der Waals surface area contributed by atoms with Gasteiger partial charge in [-0.1, -0.05) is 41.4 Å². The van der Waals surface area contributed by atoms with Crippen LogP contribution < -0.4 is 103 Å². The number of aromatic hydroxyl groups is 1. The lowest BCUT2D eigenvalue weighted by Crippen LogP contribution is -2.27. The van der Waals surface area contributed by atoms with Crippen molar-refractivity contribution in [2.24, 2.45) is 0 Å². The minimum atomic E-state index is -0.426. The number of fused-ring (bicyclic) bond motifs is 1. The molecule has 0 aliphatic carbocycles. The molecule has 40 heteroatoms. The van der Waals surface area contributed by atoms with Gasteiger partial charge in [0.15, 0.2) is 11.5 Å². The summed E-state index contributed by atoms with van der Waals surface area (Å²) in [4.78, 5) is 71.4. The molecule has 15 N–H and O–H groups in total. The van der Waals surface area contributed by atoms with Crippen LogP contribution in [0.4, 0.5) is 128 Å². The van der Waals surface area contributed by atoms with Crippen molar-refractivity contribution in [1.82, 2.24) is 69.8 Å². The second-order valence-corrected chi connectivity index (χ2v) is 41.6. The van der Waals surface area contributed by atoms with Crippen molar-refractivity contribution < 1.29 is 38.5 Å². The monoisotopic (exact) mass is 2040 g/mol. The number of rotatable bonds is 26. The molecular weight excluding hydrogens is 1910 g/mol. The smallest absolute Gasteiger partial charge is 0.271 e. The first-order chi connectivity index (χ1) is 69.1. The Balaban J connectivity index is 0.000000191. The van der Waals surface area contributed by atoms with Crippen LogP contribution in [0.3, 0.4) is 0 Å². The summed E-state index contributed by atoms with van der Waals surface area (Å²) >= 11 is 12.3. The van der Waals surface area contributed by atoms with E-state index in [9.17, 15) is 15.2 Å². The highest BCUT2D eigenvalue weighted by Gasteiger charge is 2.23. The number of nitrogens with one attached hydrogen (secondary N) is 14. The summed E-state index contributed by atoms with van der Waals surface area (Å²) in [5.41, 5.74) is 8.87. The maximum absolute atomic E-state index is 10.8. The number of methoxy groups -OCH3 is 4. The number of nitro benzene ring substituents is 1. The molecule has 7 aromatic carbocycles. The number of halogens is 2. The molecule has 780 valence electrons. The number of nitro groups is 1. The minimum Gasteiger partial charge on any atom is -0.508 e. The molecule has 0 atom stereocenters. The molecule has 15 rings (SSSR count). The molecule has 0 radical (unpaired) electrons. The first-order valence-electron chi connectivity index (χ1n) is 47.1. The van der Waals surface area contributed by atoms with Gasteiger partial charge >= 0.3 is 0 Å². The summed E-state index contributed by atoms with van der Waals surface area (Å²) < 4.78 is 31.5. The summed E-state index contributed by atoms with van der Waals surface area (Å²) in [6.45, 7) is 51.2. The number of benzene rings is 7. The lowest BCUT2D eigenvalue weighted by molar-refractivity contribution is -0.384. The van der Waals surface area contributed by atoms with Gasteiger partial charge in [-0.15, -0.1) is 0 Å². The van der Waals surface area contributed by atoms with Crippen LogP contribution in [0.5, 0.6) is 40.2 Å². The molecule has 0 spiro atoms. The molecule has 0 amide bonds. The summed E-state index contributed by atoms with van der Waals surface area (Å²) in [6.07, 6.45) is 12.2. The van der Waals surface area contributed by atoms with Crippen LogP contribution in [0.2, 0.25) is 10.0 Å². The number of anilines is 21. The van der Waals surface area contributed by atoms with Gasteiger partial charge in [0.25, 0.3) is 5.69 Å². The Hall–Kier alpha value is -16.1. The van der Waals surface area contributed by atoms with Gasteiger partial charge in [-0.2, -0.15) is 34.9 Å². The second-order valence-electron chi connectivity index (χ2n) is 40.8. The Kier molecular flexibility index (Phi) is 40.4. The van der Waals surface area contributed by atoms with Crippen molar-refractivity contribution in [1.29, 1.82) is 0 Å². The van der Waals surface area contributed by atoms with E-state index in [1.54, 1.807) is 120 Å². The molecule has 0 saturated carbocycles. The average Bonchev–Trinajstić information content (AvgIpc) is 1.50. The fraction of sp³-hybridized carbons (Fsp3) is 0.346. The van der Waals surface area contributed by atoms with Gasteiger partial charge in [0.2, 0.25) is 48.4 Å². The van der Waals surface area contributed by atoms with Crippen LogP contribution in [0.1, 0.15) is 168 Å². The summed E-state index contributed by atoms with van der Waals surface area (Å²) in [6, 6.07) is 50.8. The number of ether oxygens (including phenoxy) is 6. The summed E-state index contributed by atoms with van der Waals surface area (Å²) in [7, 11) is 6.51. The largest absolute Gasteiger partial charge is 0.508 e. The number of nitrogens with zero attached hydrogens (tertiary/aromatic N) is 15. The van der Waals surface area contributed by atoms with Gasteiger partial charge in [-0.3, -0.25) is 10.1 Å². The zero-order valence-electron chi connectivity index (χ0n) is 89.1. The van der Waals surface area contributed by atoms with E-state index in [-0.39, 0.29) is 57.0 Å². The van der Waals surface area contributed by atoms with Crippen LogP contribution in [0.15, 0.2) is 213 Å². The molecular formula is C107H139Cl2N29O9. The number of phenolic OH excluding ortho intramolecular Hbond substituents is 1. The molecule has 1 aliphatic heterocycles. The van der Waals surface area contributed by atoms with Gasteiger partial charge in [0.1, 0.15) is 69.5 Å². The zero-order valence-corrected chi connectivity index (χ0v) is 90.6. The van der Waals surface area contributed by atoms with E-state index >= 15 is 0 Å². The highest BCUT2D eigenvalue weighted by Crippen LogP contribution is 2.39. The Morgan fingerprint density at radius 3 is 0.986 bits per heavy atom. The van der Waals surface area contributed by atoms with Crippen LogP contribution in [-0.2, 0) is 0 Å². The van der Waals surface area contributed by atoms with Gasteiger partial charge < -0.3 is 108 Å². The van der Waals surface area contributed by atoms with E-state index in [2.05, 4.69) is 248 Å².